The van der Waals surface area contributed by atoms with E-state index in [1.165, 1.54) is 0 Å². The van der Waals surface area contributed by atoms with Gasteiger partial charge in [-0.3, -0.25) is 4.68 Å². The number of carbonyl (C=O) groups excluding carboxylic acids is 1. The number of nitrogens with zero attached hydrogens (tertiary/aromatic N) is 5. The van der Waals surface area contributed by atoms with Gasteiger partial charge in [-0.05, 0) is 13.8 Å². The first kappa shape index (κ1) is 15.2. The van der Waals surface area contributed by atoms with Crippen molar-refractivity contribution in [3.8, 4) is 11.3 Å². The first-order valence-electron chi connectivity index (χ1n) is 6.68. The summed E-state index contributed by atoms with van der Waals surface area (Å²) in [5.41, 5.74) is 1.53. The quantitative estimate of drug-likeness (QED) is 0.741. The fourth-order valence-electron chi connectivity index (χ4n) is 2.06. The number of aryl methyl sites for hydroxylation is 1. The third-order valence-corrected chi connectivity index (χ3v) is 2.97. The Hall–Kier alpha value is -2.22. The van der Waals surface area contributed by atoms with Gasteiger partial charge in [0.25, 0.3) is 0 Å². The molecule has 0 spiro atoms. The average molecular weight is 293 g/mol. The van der Waals surface area contributed by atoms with Gasteiger partial charge in [0.1, 0.15) is 5.69 Å². The molecule has 0 aliphatic heterocycles. The highest BCUT2D eigenvalue weighted by molar-refractivity contribution is 5.93. The first-order chi connectivity index (χ1) is 10.1. The van der Waals surface area contributed by atoms with Gasteiger partial charge >= 0.3 is 5.97 Å². The molecule has 21 heavy (non-hydrogen) atoms. The van der Waals surface area contributed by atoms with E-state index >= 15 is 0 Å². The Balaban J connectivity index is 2.49. The second kappa shape index (κ2) is 6.49. The van der Waals surface area contributed by atoms with Gasteiger partial charge in [-0.2, -0.15) is 5.10 Å². The molecule has 2 rings (SSSR count). The topological polar surface area (TPSA) is 84.1 Å². The minimum Gasteiger partial charge on any atom is -0.461 e. The van der Waals surface area contributed by atoms with Crippen LogP contribution in [0.2, 0.25) is 0 Å². The van der Waals surface area contributed by atoms with Crippen LogP contribution in [-0.4, -0.2) is 51.1 Å². The van der Waals surface area contributed by atoms with E-state index < -0.39 is 5.97 Å². The molecule has 0 aliphatic rings. The van der Waals surface area contributed by atoms with E-state index in [1.807, 2.05) is 6.92 Å². The molecule has 0 amide bonds. The Kier molecular flexibility index (Phi) is 4.69. The molecule has 0 bridgehead atoms. The minimum absolute atomic E-state index is 0.0686. The molecule has 1 unspecified atom stereocenters. The molecule has 114 valence electrons. The maximum Gasteiger partial charge on any atom is 0.361 e. The van der Waals surface area contributed by atoms with Crippen molar-refractivity contribution in [3.05, 3.63) is 18.1 Å². The van der Waals surface area contributed by atoms with Crippen molar-refractivity contribution >= 4 is 5.97 Å². The molecule has 0 aliphatic carbocycles. The lowest BCUT2D eigenvalue weighted by Crippen LogP contribution is -2.14. The number of hydrogen-bond acceptors (Lipinski definition) is 6. The Morgan fingerprint density at radius 3 is 2.81 bits per heavy atom. The first-order valence-corrected chi connectivity index (χ1v) is 6.68. The van der Waals surface area contributed by atoms with Crippen molar-refractivity contribution in [1.29, 1.82) is 0 Å². The summed E-state index contributed by atoms with van der Waals surface area (Å²) in [6.07, 6.45) is 3.47. The van der Waals surface area contributed by atoms with Crippen molar-refractivity contribution in [2.24, 2.45) is 7.05 Å². The fraction of sp³-hybridized carbons (Fsp3) is 0.538. The SMILES string of the molecule is CCOC(=O)c1nnn(C(C)COC)c1-c1cnn(C)c1. The Morgan fingerprint density at radius 2 is 2.24 bits per heavy atom. The number of carbonyl (C=O) groups is 1. The van der Waals surface area contributed by atoms with Gasteiger partial charge in [0.05, 0.1) is 25.5 Å². The van der Waals surface area contributed by atoms with E-state index in [1.54, 1.807) is 42.8 Å². The summed E-state index contributed by atoms with van der Waals surface area (Å²) in [5, 5.41) is 12.2. The predicted octanol–water partition coefficient (Wildman–Crippen LogP) is 1.06. The maximum atomic E-state index is 12.0. The Morgan fingerprint density at radius 1 is 1.48 bits per heavy atom. The molecule has 0 fully saturated rings. The van der Waals surface area contributed by atoms with Crippen molar-refractivity contribution < 1.29 is 14.3 Å². The molecule has 2 heterocycles. The Bertz CT molecular complexity index is 619. The molecule has 0 saturated heterocycles. The lowest BCUT2D eigenvalue weighted by Gasteiger charge is -2.13. The van der Waals surface area contributed by atoms with Gasteiger partial charge in [-0.25, -0.2) is 9.48 Å². The van der Waals surface area contributed by atoms with Crippen molar-refractivity contribution in [2.45, 2.75) is 19.9 Å². The van der Waals surface area contributed by atoms with E-state index in [4.69, 9.17) is 9.47 Å². The second-order valence-corrected chi connectivity index (χ2v) is 4.66. The molecule has 0 N–H and O–H groups in total. The normalized spacial score (nSPS) is 12.4. The summed E-state index contributed by atoms with van der Waals surface area (Å²) in [6, 6.07) is -0.0686. The van der Waals surface area contributed by atoms with Crippen LogP contribution in [0.15, 0.2) is 12.4 Å². The minimum atomic E-state index is -0.493. The highest BCUT2D eigenvalue weighted by Crippen LogP contribution is 2.25. The largest absolute Gasteiger partial charge is 0.461 e. The van der Waals surface area contributed by atoms with E-state index in [0.29, 0.717) is 12.3 Å². The van der Waals surface area contributed by atoms with E-state index in [9.17, 15) is 4.79 Å². The summed E-state index contributed by atoms with van der Waals surface area (Å²) in [6.45, 7) is 4.43. The van der Waals surface area contributed by atoms with Gasteiger partial charge in [0.15, 0.2) is 5.69 Å². The second-order valence-electron chi connectivity index (χ2n) is 4.66. The lowest BCUT2D eigenvalue weighted by molar-refractivity contribution is 0.0520. The van der Waals surface area contributed by atoms with Crippen LogP contribution >= 0.6 is 0 Å². The summed E-state index contributed by atoms with van der Waals surface area (Å²) < 4.78 is 13.5. The zero-order chi connectivity index (χ0) is 15.4. The van der Waals surface area contributed by atoms with Gasteiger partial charge in [-0.15, -0.1) is 5.10 Å². The molecule has 8 nitrogen and oxygen atoms in total. The molecule has 8 heteroatoms. The Labute approximate surface area is 122 Å². The number of hydrogen-bond donors (Lipinski definition) is 0. The van der Waals surface area contributed by atoms with E-state index in [-0.39, 0.29) is 18.3 Å². The van der Waals surface area contributed by atoms with E-state index in [0.717, 1.165) is 5.56 Å². The van der Waals surface area contributed by atoms with Crippen molar-refractivity contribution in [1.82, 2.24) is 24.8 Å². The third kappa shape index (κ3) is 3.10. The zero-order valence-electron chi connectivity index (χ0n) is 12.6. The molecule has 2 aromatic heterocycles. The summed E-state index contributed by atoms with van der Waals surface area (Å²) in [5.74, 6) is -0.493. The predicted molar refractivity (Wildman–Crippen MR) is 74.8 cm³/mol. The molecular weight excluding hydrogens is 274 g/mol. The van der Waals surface area contributed by atoms with Crippen LogP contribution < -0.4 is 0 Å². The number of methoxy groups -OCH3 is 1. The van der Waals surface area contributed by atoms with Crippen LogP contribution in [-0.2, 0) is 16.5 Å². The number of esters is 1. The van der Waals surface area contributed by atoms with Crippen molar-refractivity contribution in [2.75, 3.05) is 20.3 Å². The van der Waals surface area contributed by atoms with Crippen LogP contribution in [0.1, 0.15) is 30.4 Å². The molecule has 0 aromatic carbocycles. The van der Waals surface area contributed by atoms with Crippen LogP contribution in [0.4, 0.5) is 0 Å². The van der Waals surface area contributed by atoms with Crippen LogP contribution in [0, 0.1) is 0 Å². The maximum absolute atomic E-state index is 12.0. The average Bonchev–Trinajstić information content (AvgIpc) is 3.04. The number of aromatic nitrogens is 5. The van der Waals surface area contributed by atoms with Crippen LogP contribution in [0.25, 0.3) is 11.3 Å². The molecule has 0 radical (unpaired) electrons. The fourth-order valence-corrected chi connectivity index (χ4v) is 2.06. The summed E-state index contributed by atoms with van der Waals surface area (Å²) in [4.78, 5) is 12.0. The molecular formula is C13H19N5O3. The van der Waals surface area contributed by atoms with Gasteiger partial charge < -0.3 is 9.47 Å². The molecule has 1 atom stereocenters. The summed E-state index contributed by atoms with van der Waals surface area (Å²) in [7, 11) is 3.42. The monoisotopic (exact) mass is 293 g/mol. The smallest absolute Gasteiger partial charge is 0.361 e. The van der Waals surface area contributed by atoms with Gasteiger partial charge in [-0.1, -0.05) is 5.21 Å². The number of rotatable bonds is 6. The van der Waals surface area contributed by atoms with Crippen LogP contribution in [0.3, 0.4) is 0 Å². The zero-order valence-corrected chi connectivity index (χ0v) is 12.6. The van der Waals surface area contributed by atoms with Gasteiger partial charge in [0, 0.05) is 25.9 Å². The lowest BCUT2D eigenvalue weighted by atomic mass is 10.2. The number of ether oxygens (including phenoxy) is 2. The molecule has 2 aromatic rings. The highest BCUT2D eigenvalue weighted by Gasteiger charge is 2.25. The standard InChI is InChI=1S/C13H19N5O3/c1-5-21-13(19)11-12(10-6-14-17(3)7-10)18(16-15-11)9(2)8-20-4/h6-7,9H,5,8H2,1-4H3. The molecule has 0 saturated carbocycles. The summed E-state index contributed by atoms with van der Waals surface area (Å²) >= 11 is 0. The highest BCUT2D eigenvalue weighted by atomic mass is 16.5. The van der Waals surface area contributed by atoms with Crippen molar-refractivity contribution in [3.63, 3.8) is 0 Å². The van der Waals surface area contributed by atoms with Gasteiger partial charge in [0.2, 0.25) is 0 Å². The van der Waals surface area contributed by atoms with E-state index in [2.05, 4.69) is 15.4 Å². The third-order valence-electron chi connectivity index (χ3n) is 2.97. The van der Waals surface area contributed by atoms with Crippen LogP contribution in [0.5, 0.6) is 0 Å².